The lowest BCUT2D eigenvalue weighted by atomic mass is 9.97. The van der Waals surface area contributed by atoms with Gasteiger partial charge >= 0.3 is 12.1 Å². The quantitative estimate of drug-likeness (QED) is 0.535. The zero-order chi connectivity index (χ0) is 22.6. The molecular formula is C22H24F5N3O. The average Bonchev–Trinajstić information content (AvgIpc) is 2.73. The van der Waals surface area contributed by atoms with Crippen molar-refractivity contribution in [1.29, 1.82) is 0 Å². The molecule has 3 rings (SSSR count). The first-order valence-electron chi connectivity index (χ1n) is 9.93. The van der Waals surface area contributed by atoms with E-state index in [-0.39, 0.29) is 19.0 Å². The van der Waals surface area contributed by atoms with E-state index in [9.17, 15) is 22.0 Å². The SMILES string of the molecule is C=C(C)c1ccc(-c2cnc(OCC3CCN(CC(F)(F)C(F)(F)F)CC3)cn2)cc1. The molecule has 0 unspecified atom stereocenters. The lowest BCUT2D eigenvalue weighted by Gasteiger charge is -2.34. The number of hydrogen-bond acceptors (Lipinski definition) is 4. The first kappa shape index (κ1) is 23.1. The number of ether oxygens (including phenoxy) is 1. The Labute approximate surface area is 177 Å². The number of nitrogens with zero attached hydrogens (tertiary/aromatic N) is 3. The molecule has 168 valence electrons. The van der Waals surface area contributed by atoms with Crippen molar-refractivity contribution in [1.82, 2.24) is 14.9 Å². The third kappa shape index (κ3) is 6.00. The molecule has 0 spiro atoms. The summed E-state index contributed by atoms with van der Waals surface area (Å²) in [7, 11) is 0. The number of aromatic nitrogens is 2. The predicted octanol–water partition coefficient (Wildman–Crippen LogP) is 5.47. The van der Waals surface area contributed by atoms with Gasteiger partial charge in [0.1, 0.15) is 0 Å². The molecule has 9 heteroatoms. The van der Waals surface area contributed by atoms with Crippen LogP contribution in [0.15, 0.2) is 43.2 Å². The standard InChI is InChI=1S/C22H24F5N3O/c1-15(2)17-3-5-18(6-4-17)19-11-29-20(12-28-19)31-13-16-7-9-30(10-8-16)14-21(23,24)22(25,26)27/h3-6,11-12,16H,1,7-10,13-14H2,2H3. The van der Waals surface area contributed by atoms with Crippen molar-refractivity contribution in [3.63, 3.8) is 0 Å². The van der Waals surface area contributed by atoms with E-state index in [0.29, 0.717) is 31.0 Å². The van der Waals surface area contributed by atoms with Gasteiger partial charge in [0.25, 0.3) is 0 Å². The van der Waals surface area contributed by atoms with Gasteiger partial charge in [-0.3, -0.25) is 4.90 Å². The van der Waals surface area contributed by atoms with Crippen molar-refractivity contribution in [2.45, 2.75) is 31.9 Å². The van der Waals surface area contributed by atoms with Crippen LogP contribution >= 0.6 is 0 Å². The smallest absolute Gasteiger partial charge is 0.454 e. The van der Waals surface area contributed by atoms with E-state index in [0.717, 1.165) is 21.6 Å². The van der Waals surface area contributed by atoms with Crippen LogP contribution in [0.4, 0.5) is 22.0 Å². The summed E-state index contributed by atoms with van der Waals surface area (Å²) in [5.74, 6) is -4.29. The number of hydrogen-bond donors (Lipinski definition) is 0. The minimum absolute atomic E-state index is 0.0620. The molecule has 0 aliphatic carbocycles. The summed E-state index contributed by atoms with van der Waals surface area (Å²) in [4.78, 5) is 9.76. The van der Waals surface area contributed by atoms with Gasteiger partial charge in [-0.25, -0.2) is 9.97 Å². The highest BCUT2D eigenvalue weighted by Gasteiger charge is 2.58. The van der Waals surface area contributed by atoms with Crippen LogP contribution in [0.25, 0.3) is 16.8 Å². The van der Waals surface area contributed by atoms with Crippen LogP contribution in [0.5, 0.6) is 5.88 Å². The number of alkyl halides is 5. The zero-order valence-corrected chi connectivity index (χ0v) is 17.1. The highest BCUT2D eigenvalue weighted by atomic mass is 19.4. The van der Waals surface area contributed by atoms with Crippen LogP contribution in [0.1, 0.15) is 25.3 Å². The Kier molecular flexibility index (Phi) is 6.93. The number of piperidine rings is 1. The number of allylic oxidation sites excluding steroid dienone is 1. The van der Waals surface area contributed by atoms with Crippen LogP contribution in [0.2, 0.25) is 0 Å². The minimum atomic E-state index is -5.52. The van der Waals surface area contributed by atoms with Gasteiger partial charge < -0.3 is 4.74 Å². The molecule has 0 atom stereocenters. The van der Waals surface area contributed by atoms with Crippen molar-refractivity contribution in [2.24, 2.45) is 5.92 Å². The van der Waals surface area contributed by atoms with E-state index in [2.05, 4.69) is 16.5 Å². The molecule has 2 aromatic rings. The molecule has 1 aliphatic heterocycles. The summed E-state index contributed by atoms with van der Waals surface area (Å²) in [6, 6.07) is 7.79. The van der Waals surface area contributed by atoms with E-state index < -0.39 is 18.6 Å². The van der Waals surface area contributed by atoms with Crippen molar-refractivity contribution >= 4 is 5.57 Å². The molecule has 0 amide bonds. The fourth-order valence-electron chi connectivity index (χ4n) is 3.35. The van der Waals surface area contributed by atoms with Crippen molar-refractivity contribution in [3.8, 4) is 17.1 Å². The van der Waals surface area contributed by atoms with Gasteiger partial charge in [-0.15, -0.1) is 0 Å². The van der Waals surface area contributed by atoms with Crippen molar-refractivity contribution in [3.05, 3.63) is 48.8 Å². The molecular weight excluding hydrogens is 417 g/mol. The molecule has 1 fully saturated rings. The Bertz CT molecular complexity index is 874. The maximum atomic E-state index is 13.2. The van der Waals surface area contributed by atoms with Gasteiger partial charge in [-0.2, -0.15) is 22.0 Å². The maximum Gasteiger partial charge on any atom is 0.454 e. The number of rotatable bonds is 7. The topological polar surface area (TPSA) is 38.2 Å². The molecule has 4 nitrogen and oxygen atoms in total. The maximum absolute atomic E-state index is 13.2. The van der Waals surface area contributed by atoms with E-state index in [4.69, 9.17) is 4.74 Å². The number of halogens is 5. The predicted molar refractivity (Wildman–Crippen MR) is 108 cm³/mol. The molecule has 1 saturated heterocycles. The van der Waals surface area contributed by atoms with Gasteiger partial charge in [-0.1, -0.05) is 36.4 Å². The second-order valence-corrected chi connectivity index (χ2v) is 7.83. The second kappa shape index (κ2) is 9.30. The van der Waals surface area contributed by atoms with Gasteiger partial charge in [0.15, 0.2) is 0 Å². The Balaban J connectivity index is 1.46. The molecule has 0 N–H and O–H groups in total. The number of likely N-dealkylation sites (tertiary alicyclic amines) is 1. The molecule has 31 heavy (non-hydrogen) atoms. The summed E-state index contributed by atoms with van der Waals surface area (Å²) in [5, 5.41) is 0. The van der Waals surface area contributed by atoms with Gasteiger partial charge in [0, 0.05) is 5.56 Å². The average molecular weight is 441 g/mol. The largest absolute Gasteiger partial charge is 0.476 e. The summed E-state index contributed by atoms with van der Waals surface area (Å²) >= 11 is 0. The van der Waals surface area contributed by atoms with Crippen LogP contribution in [0, 0.1) is 5.92 Å². The molecule has 1 aliphatic rings. The third-order valence-corrected chi connectivity index (χ3v) is 5.31. The summed E-state index contributed by atoms with van der Waals surface area (Å²) in [5.41, 5.74) is 3.62. The normalized spacial score (nSPS) is 16.3. The van der Waals surface area contributed by atoms with Gasteiger partial charge in [0.05, 0.1) is 31.2 Å². The lowest BCUT2D eigenvalue weighted by molar-refractivity contribution is -0.287. The molecule has 1 aromatic carbocycles. The first-order valence-corrected chi connectivity index (χ1v) is 9.93. The fraction of sp³-hybridized carbons (Fsp3) is 0.455. The minimum Gasteiger partial charge on any atom is -0.476 e. The van der Waals surface area contributed by atoms with E-state index in [1.54, 1.807) is 6.20 Å². The third-order valence-electron chi connectivity index (χ3n) is 5.31. The summed E-state index contributed by atoms with van der Waals surface area (Å²) in [6.07, 6.45) is -1.44. The Morgan fingerprint density at radius 1 is 1.06 bits per heavy atom. The van der Waals surface area contributed by atoms with Gasteiger partial charge in [-0.05, 0) is 44.3 Å². The van der Waals surface area contributed by atoms with E-state index >= 15 is 0 Å². The Morgan fingerprint density at radius 3 is 2.23 bits per heavy atom. The second-order valence-electron chi connectivity index (χ2n) is 7.83. The molecule has 0 saturated carbocycles. The summed E-state index contributed by atoms with van der Waals surface area (Å²) in [6.45, 7) is 5.19. The molecule has 2 heterocycles. The lowest BCUT2D eigenvalue weighted by Crippen LogP contribution is -2.49. The van der Waals surface area contributed by atoms with E-state index in [1.807, 2.05) is 31.2 Å². The van der Waals surface area contributed by atoms with Crippen molar-refractivity contribution in [2.75, 3.05) is 26.2 Å². The molecule has 1 aromatic heterocycles. The molecule has 0 bridgehead atoms. The fourth-order valence-corrected chi connectivity index (χ4v) is 3.35. The van der Waals surface area contributed by atoms with E-state index in [1.165, 1.54) is 6.20 Å². The Morgan fingerprint density at radius 2 is 1.71 bits per heavy atom. The molecule has 0 radical (unpaired) electrons. The van der Waals surface area contributed by atoms with Crippen LogP contribution in [0.3, 0.4) is 0 Å². The monoisotopic (exact) mass is 441 g/mol. The van der Waals surface area contributed by atoms with Crippen molar-refractivity contribution < 1.29 is 26.7 Å². The van der Waals surface area contributed by atoms with Crippen LogP contribution < -0.4 is 4.74 Å². The Hall–Kier alpha value is -2.55. The van der Waals surface area contributed by atoms with Crippen LogP contribution in [-0.2, 0) is 0 Å². The first-order chi connectivity index (χ1) is 14.5. The number of benzene rings is 1. The highest BCUT2D eigenvalue weighted by molar-refractivity contribution is 5.66. The zero-order valence-electron chi connectivity index (χ0n) is 17.1. The summed E-state index contributed by atoms with van der Waals surface area (Å²) < 4.78 is 69.0. The van der Waals surface area contributed by atoms with Gasteiger partial charge in [0.2, 0.25) is 5.88 Å². The highest BCUT2D eigenvalue weighted by Crippen LogP contribution is 2.36. The van der Waals surface area contributed by atoms with Crippen LogP contribution in [-0.4, -0.2) is 53.2 Å².